The van der Waals surface area contributed by atoms with E-state index < -0.39 is 17.5 Å². The number of alkyl halides is 1. The number of para-hydroxylation sites is 1. The number of carbonyl (C=O) groups is 1. The average molecular weight is 417 g/mol. The first-order valence-corrected chi connectivity index (χ1v) is 10.1. The number of piperidine rings is 1. The molecule has 1 aromatic rings. The van der Waals surface area contributed by atoms with E-state index in [1.807, 2.05) is 20.8 Å². The molecular weight excluding hydrogens is 387 g/mol. The van der Waals surface area contributed by atoms with Crippen molar-refractivity contribution >= 4 is 23.4 Å². The average Bonchev–Trinajstić information content (AvgIpc) is 2.64. The Morgan fingerprint density at radius 2 is 2.07 bits per heavy atom. The lowest BCUT2D eigenvalue weighted by Crippen LogP contribution is -2.42. The van der Waals surface area contributed by atoms with Crippen molar-refractivity contribution in [2.24, 2.45) is 5.92 Å². The molecule has 6 nitrogen and oxygen atoms in total. The second-order valence-corrected chi connectivity index (χ2v) is 8.33. The number of carbonyl (C=O) groups excluding carboxylic acids is 1. The summed E-state index contributed by atoms with van der Waals surface area (Å²) in [5.74, 6) is 0.284. The van der Waals surface area contributed by atoms with E-state index in [2.05, 4.69) is 5.32 Å². The number of nitrogens with one attached hydrogen (secondary N) is 1. The van der Waals surface area contributed by atoms with E-state index in [4.69, 9.17) is 21.1 Å². The van der Waals surface area contributed by atoms with Gasteiger partial charge in [-0.2, -0.15) is 0 Å². The number of nitrogens with zero attached hydrogens (tertiary/aromatic N) is 1. The first-order valence-electron chi connectivity index (χ1n) is 9.56. The molecule has 0 radical (unpaired) electrons. The predicted octanol–water partition coefficient (Wildman–Crippen LogP) is 3.86. The number of rotatable bonds is 7. The molecule has 8 heteroatoms. The number of aliphatic hydroxyl groups excluding tert-OH is 1. The summed E-state index contributed by atoms with van der Waals surface area (Å²) in [5, 5.41) is 12.4. The molecule has 0 aliphatic carbocycles. The molecule has 1 saturated heterocycles. The molecule has 0 saturated carbocycles. The number of aliphatic hydroxyl groups is 1. The standard InChI is InChI=1S/C20H30ClFN2O4/c1-20(2,3)28-19(26)24-9-7-14(8-10-24)13-27-17-6-4-5-16(22)18(17)23-12-15(25)11-21/h4-6,14-15,23,25H,7-13H2,1-3H3. The lowest BCUT2D eigenvalue weighted by Gasteiger charge is -2.33. The lowest BCUT2D eigenvalue weighted by molar-refractivity contribution is 0.0165. The number of halogens is 2. The van der Waals surface area contributed by atoms with Gasteiger partial charge in [-0.05, 0) is 51.7 Å². The van der Waals surface area contributed by atoms with Gasteiger partial charge in [-0.25, -0.2) is 9.18 Å². The highest BCUT2D eigenvalue weighted by Gasteiger charge is 2.27. The minimum atomic E-state index is -0.772. The third-order valence-electron chi connectivity index (χ3n) is 4.41. The van der Waals surface area contributed by atoms with Gasteiger partial charge in [0, 0.05) is 19.6 Å². The molecule has 0 bridgehead atoms. The maximum Gasteiger partial charge on any atom is 0.410 e. The molecule has 1 unspecified atom stereocenters. The number of anilines is 1. The summed E-state index contributed by atoms with van der Waals surface area (Å²) in [7, 11) is 0. The van der Waals surface area contributed by atoms with Crippen LogP contribution in [0.2, 0.25) is 0 Å². The van der Waals surface area contributed by atoms with Crippen LogP contribution < -0.4 is 10.1 Å². The normalized spacial score (nSPS) is 16.6. The molecular formula is C20H30ClFN2O4. The van der Waals surface area contributed by atoms with E-state index in [9.17, 15) is 14.3 Å². The Kier molecular flexibility index (Phi) is 8.19. The summed E-state index contributed by atoms with van der Waals surface area (Å²) in [6.45, 7) is 7.33. The first kappa shape index (κ1) is 22.6. The third kappa shape index (κ3) is 7.02. The Morgan fingerprint density at radius 1 is 1.39 bits per heavy atom. The predicted molar refractivity (Wildman–Crippen MR) is 108 cm³/mol. The van der Waals surface area contributed by atoms with Gasteiger partial charge in [-0.15, -0.1) is 11.6 Å². The highest BCUT2D eigenvalue weighted by atomic mass is 35.5. The molecule has 1 fully saturated rings. The van der Waals surface area contributed by atoms with Crippen molar-refractivity contribution in [3.63, 3.8) is 0 Å². The minimum absolute atomic E-state index is 0.0634. The van der Waals surface area contributed by atoms with Gasteiger partial charge >= 0.3 is 6.09 Å². The molecule has 1 aromatic carbocycles. The second-order valence-electron chi connectivity index (χ2n) is 8.02. The van der Waals surface area contributed by atoms with Gasteiger partial charge in [0.15, 0.2) is 0 Å². The van der Waals surface area contributed by atoms with Crippen molar-refractivity contribution in [3.05, 3.63) is 24.0 Å². The SMILES string of the molecule is CC(C)(C)OC(=O)N1CCC(COc2cccc(F)c2NCC(O)CCl)CC1. The van der Waals surface area contributed by atoms with Crippen LogP contribution in [0, 0.1) is 11.7 Å². The molecule has 2 rings (SSSR count). The van der Waals surface area contributed by atoms with Crippen molar-refractivity contribution in [2.75, 3.05) is 37.4 Å². The molecule has 1 aliphatic heterocycles. The molecule has 1 atom stereocenters. The van der Waals surface area contributed by atoms with E-state index in [-0.39, 0.29) is 30.1 Å². The van der Waals surface area contributed by atoms with Gasteiger partial charge in [0.1, 0.15) is 22.9 Å². The van der Waals surface area contributed by atoms with Crippen molar-refractivity contribution in [3.8, 4) is 5.75 Å². The van der Waals surface area contributed by atoms with E-state index >= 15 is 0 Å². The molecule has 0 aromatic heterocycles. The van der Waals surface area contributed by atoms with Crippen LogP contribution in [0.25, 0.3) is 0 Å². The van der Waals surface area contributed by atoms with E-state index in [0.29, 0.717) is 25.4 Å². The fourth-order valence-corrected chi connectivity index (χ4v) is 3.00. The van der Waals surface area contributed by atoms with Crippen molar-refractivity contribution in [1.82, 2.24) is 4.90 Å². The third-order valence-corrected chi connectivity index (χ3v) is 4.76. The van der Waals surface area contributed by atoms with Gasteiger partial charge in [-0.1, -0.05) is 6.07 Å². The summed E-state index contributed by atoms with van der Waals surface area (Å²) in [6, 6.07) is 4.61. The minimum Gasteiger partial charge on any atom is -0.491 e. The van der Waals surface area contributed by atoms with Crippen molar-refractivity contribution < 1.29 is 23.8 Å². The van der Waals surface area contributed by atoms with Crippen LogP contribution >= 0.6 is 11.6 Å². The lowest BCUT2D eigenvalue weighted by atomic mass is 9.98. The van der Waals surface area contributed by atoms with Gasteiger partial charge in [0.2, 0.25) is 0 Å². The van der Waals surface area contributed by atoms with Gasteiger partial charge < -0.3 is 24.8 Å². The van der Waals surface area contributed by atoms with E-state index in [0.717, 1.165) is 12.8 Å². The highest BCUT2D eigenvalue weighted by molar-refractivity contribution is 6.18. The molecule has 2 N–H and O–H groups in total. The number of hydrogen-bond donors (Lipinski definition) is 2. The highest BCUT2D eigenvalue weighted by Crippen LogP contribution is 2.29. The number of ether oxygens (including phenoxy) is 2. The van der Waals surface area contributed by atoms with Gasteiger partial charge in [0.25, 0.3) is 0 Å². The first-order chi connectivity index (χ1) is 13.2. The van der Waals surface area contributed by atoms with Gasteiger partial charge in [0.05, 0.1) is 18.6 Å². The quantitative estimate of drug-likeness (QED) is 0.660. The summed E-state index contributed by atoms with van der Waals surface area (Å²) in [6.07, 6.45) is 0.525. The maximum atomic E-state index is 14.1. The Morgan fingerprint density at radius 3 is 2.68 bits per heavy atom. The zero-order valence-corrected chi connectivity index (χ0v) is 17.5. The molecule has 1 heterocycles. The fraction of sp³-hybridized carbons (Fsp3) is 0.650. The van der Waals surface area contributed by atoms with Crippen LogP contribution in [0.3, 0.4) is 0 Å². The monoisotopic (exact) mass is 416 g/mol. The molecule has 28 heavy (non-hydrogen) atoms. The number of benzene rings is 1. The Balaban J connectivity index is 1.85. The van der Waals surface area contributed by atoms with Crippen molar-refractivity contribution in [2.45, 2.75) is 45.3 Å². The summed E-state index contributed by atoms with van der Waals surface area (Å²) in [5.41, 5.74) is -0.285. The summed E-state index contributed by atoms with van der Waals surface area (Å²) in [4.78, 5) is 13.8. The van der Waals surface area contributed by atoms with E-state index in [1.54, 1.807) is 17.0 Å². The van der Waals surface area contributed by atoms with E-state index in [1.165, 1.54) is 6.07 Å². The Hall–Kier alpha value is -1.73. The number of hydrogen-bond acceptors (Lipinski definition) is 5. The topological polar surface area (TPSA) is 71.0 Å². The molecule has 1 amide bonds. The maximum absolute atomic E-state index is 14.1. The van der Waals surface area contributed by atoms with Crippen LogP contribution in [0.1, 0.15) is 33.6 Å². The molecule has 1 aliphatic rings. The Bertz CT molecular complexity index is 646. The summed E-state index contributed by atoms with van der Waals surface area (Å²) < 4.78 is 25.4. The zero-order chi connectivity index (χ0) is 20.7. The fourth-order valence-electron chi connectivity index (χ4n) is 2.89. The molecule has 0 spiro atoms. The zero-order valence-electron chi connectivity index (χ0n) is 16.7. The van der Waals surface area contributed by atoms with Gasteiger partial charge in [-0.3, -0.25) is 0 Å². The largest absolute Gasteiger partial charge is 0.491 e. The van der Waals surface area contributed by atoms with Crippen LogP contribution in [-0.2, 0) is 4.74 Å². The smallest absolute Gasteiger partial charge is 0.410 e. The number of likely N-dealkylation sites (tertiary alicyclic amines) is 1. The number of amides is 1. The van der Waals surface area contributed by atoms with Crippen molar-refractivity contribution in [1.29, 1.82) is 0 Å². The van der Waals surface area contributed by atoms with Crippen LogP contribution in [0.4, 0.5) is 14.9 Å². The molecule has 158 valence electrons. The second kappa shape index (κ2) is 10.2. The van der Waals surface area contributed by atoms with Crippen LogP contribution in [0.15, 0.2) is 18.2 Å². The summed E-state index contributed by atoms with van der Waals surface area (Å²) >= 11 is 5.58. The van der Waals surface area contributed by atoms with Crippen LogP contribution in [0.5, 0.6) is 5.75 Å². The Labute approximate surface area is 170 Å². The van der Waals surface area contributed by atoms with Crippen LogP contribution in [-0.4, -0.2) is 59.9 Å².